The van der Waals surface area contributed by atoms with E-state index in [9.17, 15) is 18.8 Å². The van der Waals surface area contributed by atoms with E-state index >= 15 is 0 Å². The lowest BCUT2D eigenvalue weighted by molar-refractivity contribution is -0.126. The molecular weight excluding hydrogens is 453 g/mol. The van der Waals surface area contributed by atoms with Gasteiger partial charge in [0.25, 0.3) is 5.91 Å². The number of thiophene rings is 1. The van der Waals surface area contributed by atoms with Crippen LogP contribution in [0.5, 0.6) is 0 Å². The third-order valence-corrected chi connectivity index (χ3v) is 6.71. The van der Waals surface area contributed by atoms with Crippen LogP contribution in [0.25, 0.3) is 0 Å². The number of nitrogens with one attached hydrogen (secondary N) is 2. The van der Waals surface area contributed by atoms with Gasteiger partial charge in [0.2, 0.25) is 11.8 Å². The topological polar surface area (TPSA) is 78.5 Å². The van der Waals surface area contributed by atoms with Gasteiger partial charge in [0, 0.05) is 11.7 Å². The molecule has 1 saturated carbocycles. The van der Waals surface area contributed by atoms with Crippen LogP contribution in [0.3, 0.4) is 0 Å². The van der Waals surface area contributed by atoms with E-state index < -0.39 is 17.8 Å². The Morgan fingerprint density at radius 2 is 1.68 bits per heavy atom. The van der Waals surface area contributed by atoms with Crippen molar-refractivity contribution in [3.63, 3.8) is 0 Å². The summed E-state index contributed by atoms with van der Waals surface area (Å²) in [4.78, 5) is 41.3. The molecule has 1 aliphatic rings. The highest BCUT2D eigenvalue weighted by molar-refractivity contribution is 7.12. The van der Waals surface area contributed by atoms with Gasteiger partial charge in [-0.05, 0) is 54.1 Å². The first-order valence-corrected chi connectivity index (χ1v) is 12.2. The number of carbonyl (C=O) groups is 3. The Kier molecular flexibility index (Phi) is 7.69. The standard InChI is InChI=1S/C26H26FN3O3S/c27-19-12-14-21(15-13-19)30(23(31)17-28-25(32)22-11-6-16-34-22)24(18-7-2-1-3-8-18)26(33)29-20-9-4-5-10-20/h1-3,6-8,11-16,20,24H,4-5,9-10,17H2,(H,28,32)(H,29,33). The molecule has 0 radical (unpaired) electrons. The summed E-state index contributed by atoms with van der Waals surface area (Å²) in [6.45, 7) is -0.311. The smallest absolute Gasteiger partial charge is 0.261 e. The molecule has 8 heteroatoms. The molecule has 1 unspecified atom stereocenters. The molecule has 1 fully saturated rings. The number of amides is 3. The molecular formula is C26H26FN3O3S. The summed E-state index contributed by atoms with van der Waals surface area (Å²) in [6, 6.07) is 16.9. The Morgan fingerprint density at radius 1 is 0.971 bits per heavy atom. The number of hydrogen-bond acceptors (Lipinski definition) is 4. The zero-order chi connectivity index (χ0) is 23.9. The molecule has 0 bridgehead atoms. The summed E-state index contributed by atoms with van der Waals surface area (Å²) in [7, 11) is 0. The van der Waals surface area contributed by atoms with Crippen LogP contribution >= 0.6 is 11.3 Å². The van der Waals surface area contributed by atoms with Gasteiger partial charge in [-0.3, -0.25) is 19.3 Å². The minimum atomic E-state index is -0.974. The van der Waals surface area contributed by atoms with Crippen LogP contribution in [0.15, 0.2) is 72.1 Å². The fourth-order valence-electron chi connectivity index (χ4n) is 4.18. The maximum atomic E-state index is 13.7. The second-order valence-electron chi connectivity index (χ2n) is 8.20. The monoisotopic (exact) mass is 479 g/mol. The third-order valence-electron chi connectivity index (χ3n) is 5.84. The van der Waals surface area contributed by atoms with E-state index in [1.54, 1.807) is 41.8 Å². The van der Waals surface area contributed by atoms with E-state index in [0.29, 0.717) is 16.1 Å². The van der Waals surface area contributed by atoms with Crippen LogP contribution < -0.4 is 15.5 Å². The fraction of sp³-hybridized carbons (Fsp3) is 0.269. The molecule has 176 valence electrons. The highest BCUT2D eigenvalue weighted by Crippen LogP contribution is 2.29. The molecule has 3 amide bonds. The van der Waals surface area contributed by atoms with E-state index in [2.05, 4.69) is 10.6 Å². The van der Waals surface area contributed by atoms with Gasteiger partial charge < -0.3 is 10.6 Å². The predicted octanol–water partition coefficient (Wildman–Crippen LogP) is 4.45. The third kappa shape index (κ3) is 5.69. The van der Waals surface area contributed by atoms with Crippen LogP contribution in [0.4, 0.5) is 10.1 Å². The first-order chi connectivity index (χ1) is 16.5. The number of hydrogen-bond donors (Lipinski definition) is 2. The first-order valence-electron chi connectivity index (χ1n) is 11.3. The summed E-state index contributed by atoms with van der Waals surface area (Å²) >= 11 is 1.27. The highest BCUT2D eigenvalue weighted by atomic mass is 32.1. The SMILES string of the molecule is O=C(NCC(=O)N(c1ccc(F)cc1)C(C(=O)NC1CCCC1)c1ccccc1)c1cccs1. The van der Waals surface area contributed by atoms with Crippen molar-refractivity contribution in [2.45, 2.75) is 37.8 Å². The second-order valence-corrected chi connectivity index (χ2v) is 9.15. The zero-order valence-corrected chi connectivity index (χ0v) is 19.4. The molecule has 0 spiro atoms. The summed E-state index contributed by atoms with van der Waals surface area (Å²) in [6.07, 6.45) is 3.90. The van der Waals surface area contributed by atoms with Crippen LogP contribution in [0.1, 0.15) is 47.0 Å². The Morgan fingerprint density at radius 3 is 2.32 bits per heavy atom. The highest BCUT2D eigenvalue weighted by Gasteiger charge is 2.34. The van der Waals surface area contributed by atoms with E-state index in [1.165, 1.54) is 40.5 Å². The van der Waals surface area contributed by atoms with Gasteiger partial charge >= 0.3 is 0 Å². The molecule has 1 heterocycles. The predicted molar refractivity (Wildman–Crippen MR) is 130 cm³/mol. The van der Waals surface area contributed by atoms with Crippen LogP contribution in [0, 0.1) is 5.82 Å². The lowest BCUT2D eigenvalue weighted by Crippen LogP contribution is -2.49. The molecule has 0 saturated heterocycles. The maximum absolute atomic E-state index is 13.7. The quantitative estimate of drug-likeness (QED) is 0.501. The van der Waals surface area contributed by atoms with Crippen LogP contribution in [0.2, 0.25) is 0 Å². The summed E-state index contributed by atoms with van der Waals surface area (Å²) in [5, 5.41) is 7.51. The molecule has 34 heavy (non-hydrogen) atoms. The number of nitrogens with zero attached hydrogens (tertiary/aromatic N) is 1. The summed E-state index contributed by atoms with van der Waals surface area (Å²) in [5.41, 5.74) is 0.993. The first kappa shape index (κ1) is 23.6. The molecule has 1 aliphatic carbocycles. The van der Waals surface area contributed by atoms with Gasteiger partial charge in [0.05, 0.1) is 11.4 Å². The summed E-state index contributed by atoms with van der Waals surface area (Å²) < 4.78 is 13.7. The van der Waals surface area contributed by atoms with E-state index in [0.717, 1.165) is 25.7 Å². The lowest BCUT2D eigenvalue weighted by atomic mass is 10.0. The minimum absolute atomic E-state index is 0.0578. The number of anilines is 1. The minimum Gasteiger partial charge on any atom is -0.351 e. The molecule has 2 N–H and O–H groups in total. The van der Waals surface area contributed by atoms with Crippen molar-refractivity contribution in [3.05, 3.63) is 88.4 Å². The Hall–Kier alpha value is -3.52. The van der Waals surface area contributed by atoms with Gasteiger partial charge in [-0.25, -0.2) is 4.39 Å². The Balaban J connectivity index is 1.65. The molecule has 3 aromatic rings. The number of rotatable bonds is 8. The molecule has 6 nitrogen and oxygen atoms in total. The normalized spacial score (nSPS) is 14.4. The lowest BCUT2D eigenvalue weighted by Gasteiger charge is -2.32. The van der Waals surface area contributed by atoms with E-state index in [1.807, 2.05) is 6.07 Å². The average Bonchev–Trinajstić information content (AvgIpc) is 3.57. The number of halogens is 1. The van der Waals surface area contributed by atoms with Crippen molar-refractivity contribution in [1.29, 1.82) is 0 Å². The van der Waals surface area contributed by atoms with Crippen molar-refractivity contribution in [3.8, 4) is 0 Å². The van der Waals surface area contributed by atoms with Gasteiger partial charge in [-0.2, -0.15) is 0 Å². The fourth-order valence-corrected chi connectivity index (χ4v) is 4.82. The maximum Gasteiger partial charge on any atom is 0.261 e. The molecule has 0 aliphatic heterocycles. The van der Waals surface area contributed by atoms with Crippen molar-refractivity contribution >= 4 is 34.7 Å². The van der Waals surface area contributed by atoms with Crippen molar-refractivity contribution in [2.75, 3.05) is 11.4 Å². The Labute approximate surface area is 201 Å². The van der Waals surface area contributed by atoms with Gasteiger partial charge in [-0.15, -0.1) is 11.3 Å². The molecule has 1 aromatic heterocycles. The van der Waals surface area contributed by atoms with Gasteiger partial charge in [0.1, 0.15) is 11.9 Å². The molecule has 1 atom stereocenters. The largest absolute Gasteiger partial charge is 0.351 e. The summed E-state index contributed by atoms with van der Waals surface area (Å²) in [5.74, 6) is -1.60. The van der Waals surface area contributed by atoms with Crippen LogP contribution in [-0.4, -0.2) is 30.3 Å². The number of benzene rings is 2. The van der Waals surface area contributed by atoms with E-state index in [-0.39, 0.29) is 24.4 Å². The van der Waals surface area contributed by atoms with Crippen molar-refractivity contribution in [2.24, 2.45) is 0 Å². The van der Waals surface area contributed by atoms with Gasteiger partial charge in [0.15, 0.2) is 0 Å². The van der Waals surface area contributed by atoms with Crippen molar-refractivity contribution in [1.82, 2.24) is 10.6 Å². The molecule has 4 rings (SSSR count). The van der Waals surface area contributed by atoms with Crippen molar-refractivity contribution < 1.29 is 18.8 Å². The average molecular weight is 480 g/mol. The Bertz CT molecular complexity index is 1110. The van der Waals surface area contributed by atoms with E-state index in [4.69, 9.17) is 0 Å². The second kappa shape index (κ2) is 11.1. The van der Waals surface area contributed by atoms with Crippen LogP contribution in [-0.2, 0) is 9.59 Å². The van der Waals surface area contributed by atoms with Gasteiger partial charge in [-0.1, -0.05) is 49.2 Å². The molecule has 2 aromatic carbocycles. The zero-order valence-electron chi connectivity index (χ0n) is 18.6. The number of carbonyl (C=O) groups excluding carboxylic acids is 3.